The molecule has 0 spiro atoms. The van der Waals surface area contributed by atoms with Crippen LogP contribution in [0.3, 0.4) is 0 Å². The zero-order chi connectivity index (χ0) is 21.9. The van der Waals surface area contributed by atoms with Gasteiger partial charge in [-0.3, -0.25) is 14.8 Å². The molecule has 3 N–H and O–H groups in total. The van der Waals surface area contributed by atoms with Crippen LogP contribution < -0.4 is 16.2 Å². The Labute approximate surface area is 190 Å². The van der Waals surface area contributed by atoms with Crippen molar-refractivity contribution in [3.05, 3.63) is 44.7 Å². The Morgan fingerprint density at radius 1 is 1.39 bits per heavy atom. The van der Waals surface area contributed by atoms with Crippen molar-refractivity contribution in [3.8, 4) is 10.6 Å². The van der Waals surface area contributed by atoms with Crippen LogP contribution in [0, 0.1) is 6.92 Å². The number of aromatic amines is 1. The topological polar surface area (TPSA) is 104 Å². The van der Waals surface area contributed by atoms with Gasteiger partial charge in [-0.25, -0.2) is 4.98 Å². The number of aryl methyl sites for hydroxylation is 1. The lowest BCUT2D eigenvalue weighted by molar-refractivity contribution is 0.198. The Morgan fingerprint density at radius 3 is 2.87 bits per heavy atom. The number of ether oxygens (including phenoxy) is 1. The molecule has 4 heterocycles. The predicted molar refractivity (Wildman–Crippen MR) is 131 cm³/mol. The highest BCUT2D eigenvalue weighted by molar-refractivity contribution is 8.02. The Balaban J connectivity index is 0.000000478. The van der Waals surface area contributed by atoms with Crippen LogP contribution in [0.1, 0.15) is 30.7 Å². The van der Waals surface area contributed by atoms with E-state index in [2.05, 4.69) is 37.3 Å². The number of hydrogen-bond donors (Lipinski definition) is 3. The monoisotopic (exact) mass is 460 g/mol. The van der Waals surface area contributed by atoms with Gasteiger partial charge in [0.15, 0.2) is 5.96 Å². The van der Waals surface area contributed by atoms with Crippen molar-refractivity contribution in [2.75, 3.05) is 32.2 Å². The molecule has 0 atom stereocenters. The highest BCUT2D eigenvalue weighted by atomic mass is 32.2. The molecule has 166 valence electrons. The smallest absolute Gasteiger partial charge is 0.248 e. The maximum atomic E-state index is 11.4. The molecule has 2 aliphatic heterocycles. The molecule has 0 aliphatic carbocycles. The summed E-state index contributed by atoms with van der Waals surface area (Å²) >= 11 is 3.09. The molecule has 2 aromatic rings. The molecule has 0 aromatic carbocycles. The summed E-state index contributed by atoms with van der Waals surface area (Å²) in [6.45, 7) is 9.33. The third kappa shape index (κ3) is 7.34. The summed E-state index contributed by atoms with van der Waals surface area (Å²) in [5, 5.41) is 11.2. The second kappa shape index (κ2) is 12.4. The zero-order valence-electron chi connectivity index (χ0n) is 17.6. The first-order chi connectivity index (χ1) is 15.2. The van der Waals surface area contributed by atoms with E-state index < -0.39 is 0 Å². The van der Waals surface area contributed by atoms with Crippen LogP contribution in [-0.4, -0.2) is 54.8 Å². The molecule has 0 bridgehead atoms. The van der Waals surface area contributed by atoms with Gasteiger partial charge < -0.3 is 20.4 Å². The number of guanidine groups is 1. The number of rotatable bonds is 6. The van der Waals surface area contributed by atoms with Crippen LogP contribution in [0.15, 0.2) is 37.7 Å². The molecule has 10 heteroatoms. The minimum atomic E-state index is -0.114. The fraction of sp³-hybridized carbons (Fsp3) is 0.429. The third-order valence-corrected chi connectivity index (χ3v) is 6.10. The van der Waals surface area contributed by atoms with Gasteiger partial charge in [0, 0.05) is 54.4 Å². The van der Waals surface area contributed by atoms with Crippen molar-refractivity contribution in [2.24, 2.45) is 9.98 Å². The minimum absolute atomic E-state index is 0.114. The molecule has 0 unspecified atom stereocenters. The van der Waals surface area contributed by atoms with Gasteiger partial charge in [0.25, 0.3) is 0 Å². The van der Waals surface area contributed by atoms with Gasteiger partial charge in [0.1, 0.15) is 10.7 Å². The lowest BCUT2D eigenvalue weighted by Gasteiger charge is -2.15. The van der Waals surface area contributed by atoms with Crippen LogP contribution in [0.5, 0.6) is 0 Å². The van der Waals surface area contributed by atoms with Gasteiger partial charge in [-0.2, -0.15) is 0 Å². The van der Waals surface area contributed by atoms with Crippen molar-refractivity contribution < 1.29 is 4.74 Å². The van der Waals surface area contributed by atoms with Crippen molar-refractivity contribution in [1.82, 2.24) is 20.6 Å². The lowest BCUT2D eigenvalue weighted by atomic mass is 10.2. The van der Waals surface area contributed by atoms with Crippen molar-refractivity contribution >= 4 is 41.5 Å². The van der Waals surface area contributed by atoms with Gasteiger partial charge >= 0.3 is 0 Å². The van der Waals surface area contributed by atoms with Gasteiger partial charge in [-0.15, -0.1) is 23.1 Å². The van der Waals surface area contributed by atoms with E-state index in [1.54, 1.807) is 17.8 Å². The number of nitrogens with one attached hydrogen (secondary N) is 3. The number of H-pyrrole nitrogens is 1. The largest absolute Gasteiger partial charge is 0.381 e. The van der Waals surface area contributed by atoms with E-state index >= 15 is 0 Å². The number of nitrogens with zero attached hydrogens (tertiary/aromatic N) is 3. The summed E-state index contributed by atoms with van der Waals surface area (Å²) in [7, 11) is 0. The van der Waals surface area contributed by atoms with Gasteiger partial charge in [0.05, 0.1) is 11.6 Å². The predicted octanol–water partition coefficient (Wildman–Crippen LogP) is 3.23. The molecule has 2 aliphatic rings. The highest BCUT2D eigenvalue weighted by Crippen LogP contribution is 2.29. The number of thiazole rings is 1. The summed E-state index contributed by atoms with van der Waals surface area (Å²) in [6, 6.07) is 3.30. The molecular weight excluding hydrogens is 432 g/mol. The maximum Gasteiger partial charge on any atom is 0.248 e. The van der Waals surface area contributed by atoms with Crippen LogP contribution in [-0.2, 0) is 4.74 Å². The Bertz CT molecular complexity index is 971. The van der Waals surface area contributed by atoms with E-state index in [9.17, 15) is 4.79 Å². The Hall–Kier alpha value is -2.43. The first-order valence-corrected chi connectivity index (χ1v) is 12.1. The third-order valence-electron chi connectivity index (χ3n) is 4.53. The number of thioether (sulfide) groups is 1. The highest BCUT2D eigenvalue weighted by Gasteiger charge is 2.10. The van der Waals surface area contributed by atoms with E-state index in [1.165, 1.54) is 30.2 Å². The van der Waals surface area contributed by atoms with E-state index in [0.717, 1.165) is 66.3 Å². The van der Waals surface area contributed by atoms with Crippen molar-refractivity contribution in [2.45, 2.75) is 26.2 Å². The number of pyridine rings is 1. The summed E-state index contributed by atoms with van der Waals surface area (Å²) in [5.74, 6) is 1.52. The zero-order valence-corrected chi connectivity index (χ0v) is 19.3. The first-order valence-electron chi connectivity index (χ1n) is 10.2. The molecule has 0 saturated carbocycles. The molecular formula is C21H28N6O2S2. The second-order valence-corrected chi connectivity index (χ2v) is 8.59. The molecule has 1 fully saturated rings. The average Bonchev–Trinajstić information content (AvgIpc) is 3.50. The summed E-state index contributed by atoms with van der Waals surface area (Å²) in [6.07, 6.45) is 3.63. The Kier molecular flexibility index (Phi) is 9.32. The standard InChI is InChI=1S/C17H20N6OS2.C4H8O/c1-11-12(4-5-15(24)22-11)16-23-14(9-26-16)13(18-2)8-25-10-21-17-19-6-3-7-20-17;1-2-4-5-3-1/h4-5,8-9H,2-3,6-7,10H2,1H3,(H,22,24)(H2,19,20,21);1-4H2/b13-8-;. The maximum absolute atomic E-state index is 11.4. The first kappa shape index (κ1) is 23.2. The van der Waals surface area contributed by atoms with E-state index in [0.29, 0.717) is 5.88 Å². The second-order valence-electron chi connectivity index (χ2n) is 6.88. The minimum Gasteiger partial charge on any atom is -0.381 e. The molecule has 31 heavy (non-hydrogen) atoms. The SMILES string of the molecule is C1CCOC1.C=N/C(=C\SCNC1=NCCCN1)c1csc(-c2ccc(=O)[nH]c2C)n1. The number of hydrogen-bond acceptors (Lipinski definition) is 9. The van der Waals surface area contributed by atoms with Gasteiger partial charge in [0.2, 0.25) is 5.56 Å². The van der Waals surface area contributed by atoms with Crippen LogP contribution in [0.4, 0.5) is 0 Å². The quantitative estimate of drug-likeness (QED) is 0.347. The number of aliphatic imine (C=N–C) groups is 2. The Morgan fingerprint density at radius 2 is 2.23 bits per heavy atom. The molecule has 8 nitrogen and oxygen atoms in total. The molecule has 4 rings (SSSR count). The van der Waals surface area contributed by atoms with E-state index in [1.807, 2.05) is 17.7 Å². The summed E-state index contributed by atoms with van der Waals surface area (Å²) in [5.41, 5.74) is 3.10. The van der Waals surface area contributed by atoms with Crippen LogP contribution in [0.25, 0.3) is 16.3 Å². The molecule has 1 saturated heterocycles. The van der Waals surface area contributed by atoms with E-state index in [4.69, 9.17) is 4.74 Å². The van der Waals surface area contributed by atoms with E-state index in [-0.39, 0.29) is 5.56 Å². The molecule has 2 aromatic heterocycles. The summed E-state index contributed by atoms with van der Waals surface area (Å²) in [4.78, 5) is 27.3. The van der Waals surface area contributed by atoms with Crippen molar-refractivity contribution in [1.29, 1.82) is 0 Å². The molecule has 0 amide bonds. The van der Waals surface area contributed by atoms with Crippen LogP contribution >= 0.6 is 23.1 Å². The van der Waals surface area contributed by atoms with Crippen LogP contribution in [0.2, 0.25) is 0 Å². The number of aromatic nitrogens is 2. The van der Waals surface area contributed by atoms with Gasteiger partial charge in [-0.1, -0.05) is 0 Å². The normalized spacial score (nSPS) is 16.0. The molecule has 0 radical (unpaired) electrons. The van der Waals surface area contributed by atoms with Crippen molar-refractivity contribution in [3.63, 3.8) is 0 Å². The van der Waals surface area contributed by atoms with Gasteiger partial charge in [-0.05, 0) is 39.0 Å². The average molecular weight is 461 g/mol. The fourth-order valence-corrected chi connectivity index (χ4v) is 4.45. The fourth-order valence-electron chi connectivity index (χ4n) is 2.90. The summed E-state index contributed by atoms with van der Waals surface area (Å²) < 4.78 is 4.94. The lowest BCUT2D eigenvalue weighted by Crippen LogP contribution is -2.40.